The van der Waals surface area contributed by atoms with E-state index < -0.39 is 5.60 Å². The Bertz CT molecular complexity index is 1780. The maximum Gasteiger partial charge on any atom is 0.143 e. The highest BCUT2D eigenvalue weighted by Crippen LogP contribution is 2.38. The highest BCUT2D eigenvalue weighted by atomic mass is 35.5. The SMILES string of the molecule is CC(=O)CN1CCN(c2ccc(Cl)cc2Cl)[C@H](c2ccc(Cl)cc2)C1.CC(C)(O)CN1CCN(c2ccc(Cl)cc2Cl)[C@H](c2ccc(Cl)cc2)C1. The van der Waals surface area contributed by atoms with Crippen molar-refractivity contribution in [1.29, 1.82) is 0 Å². The Kier molecular flexibility index (Phi) is 13.9. The van der Waals surface area contributed by atoms with Gasteiger partial charge in [-0.3, -0.25) is 14.6 Å². The van der Waals surface area contributed by atoms with Crippen LogP contribution in [0.3, 0.4) is 0 Å². The minimum absolute atomic E-state index is 0.0871. The Hall–Kier alpha value is -2.23. The molecule has 0 saturated carbocycles. The number of ketones is 1. The van der Waals surface area contributed by atoms with Gasteiger partial charge < -0.3 is 14.9 Å². The molecule has 2 fully saturated rings. The third-order valence-corrected chi connectivity index (χ3v) is 10.5. The van der Waals surface area contributed by atoms with Gasteiger partial charge in [0.15, 0.2) is 0 Å². The Labute approximate surface area is 331 Å². The third-order valence-electron chi connectivity index (χ3n) is 8.93. The van der Waals surface area contributed by atoms with E-state index in [9.17, 15) is 9.90 Å². The molecule has 12 heteroatoms. The first-order valence-corrected chi connectivity index (χ1v) is 19.0. The van der Waals surface area contributed by atoms with Crippen LogP contribution in [0.4, 0.5) is 11.4 Å². The quantitative estimate of drug-likeness (QED) is 0.191. The maximum absolute atomic E-state index is 11.5. The molecule has 0 spiro atoms. The van der Waals surface area contributed by atoms with Crippen molar-refractivity contribution in [1.82, 2.24) is 9.80 Å². The van der Waals surface area contributed by atoms with Gasteiger partial charge in [0.2, 0.25) is 0 Å². The summed E-state index contributed by atoms with van der Waals surface area (Å²) in [5.74, 6) is 0.174. The molecule has 6 nitrogen and oxygen atoms in total. The number of piperazine rings is 2. The van der Waals surface area contributed by atoms with Crippen LogP contribution in [0.1, 0.15) is 44.0 Å². The number of Topliss-reactive ketones (excluding diaryl/α,β-unsaturated/α-hetero) is 1. The summed E-state index contributed by atoms with van der Waals surface area (Å²) in [6.45, 7) is 11.2. The number of aliphatic hydroxyl groups is 1. The number of benzene rings is 4. The molecule has 1 N–H and O–H groups in total. The molecule has 0 bridgehead atoms. The summed E-state index contributed by atoms with van der Waals surface area (Å²) in [5.41, 5.74) is 3.50. The van der Waals surface area contributed by atoms with Crippen molar-refractivity contribution >= 4 is 86.8 Å². The molecule has 272 valence electrons. The zero-order valence-corrected chi connectivity index (χ0v) is 33.3. The van der Waals surface area contributed by atoms with Crippen LogP contribution >= 0.6 is 69.6 Å². The van der Waals surface area contributed by atoms with Gasteiger partial charge in [0.1, 0.15) is 5.78 Å². The van der Waals surface area contributed by atoms with Crippen molar-refractivity contribution in [3.63, 3.8) is 0 Å². The van der Waals surface area contributed by atoms with Crippen LogP contribution in [-0.4, -0.2) is 78.6 Å². The largest absolute Gasteiger partial charge is 0.389 e. The van der Waals surface area contributed by atoms with Crippen LogP contribution in [0.5, 0.6) is 0 Å². The normalized spacial score (nSPS) is 18.7. The van der Waals surface area contributed by atoms with Gasteiger partial charge in [0.05, 0.1) is 45.6 Å². The molecule has 2 atom stereocenters. The lowest BCUT2D eigenvalue weighted by Gasteiger charge is -2.44. The standard InChI is InChI=1S/C20H23Cl3N2O.C19H19Cl3N2O/c1-20(2,26)13-24-9-10-25(18-8-7-16(22)11-17(18)23)19(12-24)14-3-5-15(21)6-4-14;1-13(25)11-23-8-9-24(18-7-6-16(21)10-17(18)22)19(12-23)14-2-4-15(20)5-3-14/h3-8,11,19,26H,9-10,12-13H2,1-2H3;2-7,10,19H,8-9,11-12H2,1H3/t2*19-/m00/s1. The molecule has 4 aromatic rings. The summed E-state index contributed by atoms with van der Waals surface area (Å²) in [6, 6.07) is 27.1. The second-order valence-electron chi connectivity index (χ2n) is 13.7. The number of carbonyl (C=O) groups excluding carboxylic acids is 1. The molecule has 0 aromatic heterocycles. The van der Waals surface area contributed by atoms with E-state index in [4.69, 9.17) is 69.6 Å². The Morgan fingerprint density at radius 1 is 0.627 bits per heavy atom. The van der Waals surface area contributed by atoms with Gasteiger partial charge in [0.25, 0.3) is 0 Å². The smallest absolute Gasteiger partial charge is 0.143 e. The topological polar surface area (TPSA) is 50.3 Å². The van der Waals surface area contributed by atoms with Crippen LogP contribution in [0.2, 0.25) is 30.1 Å². The molecular formula is C39H42Cl6N4O2. The average molecular weight is 812 g/mol. The minimum atomic E-state index is -0.732. The summed E-state index contributed by atoms with van der Waals surface area (Å²) < 4.78 is 0. The monoisotopic (exact) mass is 808 g/mol. The van der Waals surface area contributed by atoms with Crippen molar-refractivity contribution in [2.75, 3.05) is 62.2 Å². The molecule has 4 aromatic carbocycles. The first-order chi connectivity index (χ1) is 24.2. The number of hydrogen-bond donors (Lipinski definition) is 1. The van der Waals surface area contributed by atoms with E-state index in [1.165, 1.54) is 5.56 Å². The van der Waals surface area contributed by atoms with Gasteiger partial charge in [-0.25, -0.2) is 0 Å². The van der Waals surface area contributed by atoms with E-state index >= 15 is 0 Å². The second kappa shape index (κ2) is 17.7. The van der Waals surface area contributed by atoms with Crippen molar-refractivity contribution in [3.8, 4) is 0 Å². The number of carbonyl (C=O) groups is 1. The number of nitrogens with zero attached hydrogens (tertiary/aromatic N) is 4. The second-order valence-corrected chi connectivity index (χ2v) is 16.3. The van der Waals surface area contributed by atoms with E-state index in [0.29, 0.717) is 43.2 Å². The summed E-state index contributed by atoms with van der Waals surface area (Å²) in [6.07, 6.45) is 0. The van der Waals surface area contributed by atoms with Crippen LogP contribution in [0.15, 0.2) is 84.9 Å². The molecule has 0 aliphatic carbocycles. The number of rotatable bonds is 8. The minimum Gasteiger partial charge on any atom is -0.389 e. The van der Waals surface area contributed by atoms with Gasteiger partial charge in [-0.15, -0.1) is 0 Å². The molecular weight excluding hydrogens is 769 g/mol. The lowest BCUT2D eigenvalue weighted by Crippen LogP contribution is -2.52. The predicted molar refractivity (Wildman–Crippen MR) is 216 cm³/mol. The molecule has 0 radical (unpaired) electrons. The molecule has 2 saturated heterocycles. The molecule has 2 aliphatic heterocycles. The number of halogens is 6. The maximum atomic E-state index is 11.5. The fourth-order valence-corrected chi connectivity index (χ4v) is 8.06. The Morgan fingerprint density at radius 3 is 1.41 bits per heavy atom. The molecule has 6 rings (SSSR count). The average Bonchev–Trinajstić information content (AvgIpc) is 3.05. The van der Waals surface area contributed by atoms with E-state index in [0.717, 1.165) is 56.2 Å². The van der Waals surface area contributed by atoms with Gasteiger partial charge in [-0.1, -0.05) is 93.9 Å². The zero-order chi connectivity index (χ0) is 36.9. The zero-order valence-electron chi connectivity index (χ0n) is 28.8. The lowest BCUT2D eigenvalue weighted by atomic mass is 10.00. The molecule has 2 aliphatic rings. The molecule has 0 unspecified atom stereocenters. The molecule has 2 heterocycles. The van der Waals surface area contributed by atoms with Gasteiger partial charge in [-0.05, 0) is 92.6 Å². The Morgan fingerprint density at radius 2 is 1.02 bits per heavy atom. The number of hydrogen-bond acceptors (Lipinski definition) is 6. The number of β-amino-alcohol motifs (C(OH)–C–C–N with tert-alkyl or cyclic N) is 1. The van der Waals surface area contributed by atoms with E-state index in [1.54, 1.807) is 19.1 Å². The lowest BCUT2D eigenvalue weighted by molar-refractivity contribution is -0.118. The van der Waals surface area contributed by atoms with Crippen molar-refractivity contribution < 1.29 is 9.90 Å². The first-order valence-electron chi connectivity index (χ1n) is 16.8. The van der Waals surface area contributed by atoms with Crippen molar-refractivity contribution in [2.45, 2.75) is 38.5 Å². The van der Waals surface area contributed by atoms with Gasteiger partial charge >= 0.3 is 0 Å². The van der Waals surface area contributed by atoms with Crippen LogP contribution < -0.4 is 9.80 Å². The van der Waals surface area contributed by atoms with Crippen LogP contribution in [-0.2, 0) is 4.79 Å². The van der Waals surface area contributed by atoms with E-state index in [1.807, 2.05) is 74.5 Å². The van der Waals surface area contributed by atoms with E-state index in [-0.39, 0.29) is 17.9 Å². The highest BCUT2D eigenvalue weighted by molar-refractivity contribution is 6.37. The number of anilines is 2. The fraction of sp³-hybridized carbons (Fsp3) is 0.359. The van der Waals surface area contributed by atoms with Crippen molar-refractivity contribution in [2.24, 2.45) is 0 Å². The first kappa shape index (κ1) is 40.0. The third kappa shape index (κ3) is 11.1. The fourth-order valence-electron chi connectivity index (χ4n) is 6.77. The van der Waals surface area contributed by atoms with Crippen molar-refractivity contribution in [3.05, 3.63) is 126 Å². The molecule has 51 heavy (non-hydrogen) atoms. The summed E-state index contributed by atoms with van der Waals surface area (Å²) >= 11 is 37.2. The highest BCUT2D eigenvalue weighted by Gasteiger charge is 2.32. The summed E-state index contributed by atoms with van der Waals surface area (Å²) in [5, 5.41) is 14.2. The van der Waals surface area contributed by atoms with Crippen LogP contribution in [0.25, 0.3) is 0 Å². The predicted octanol–water partition coefficient (Wildman–Crippen LogP) is 10.4. The van der Waals surface area contributed by atoms with Gasteiger partial charge in [-0.2, -0.15) is 0 Å². The Balaban J connectivity index is 0.000000198. The van der Waals surface area contributed by atoms with Gasteiger partial charge in [0, 0.05) is 65.9 Å². The van der Waals surface area contributed by atoms with Crippen LogP contribution in [0, 0.1) is 0 Å². The molecule has 0 amide bonds. The van der Waals surface area contributed by atoms with E-state index in [2.05, 4.69) is 31.7 Å². The summed E-state index contributed by atoms with van der Waals surface area (Å²) in [7, 11) is 0. The summed E-state index contributed by atoms with van der Waals surface area (Å²) in [4.78, 5) is 20.6.